The van der Waals surface area contributed by atoms with Gasteiger partial charge in [-0.1, -0.05) is 164 Å². The molecule has 0 amide bonds. The smallest absolute Gasteiger partial charge is 0.462 e. The Morgan fingerprint density at radius 3 is 1.35 bits per heavy atom. The molecule has 0 heterocycles. The van der Waals surface area contributed by atoms with Gasteiger partial charge in [-0.25, -0.2) is 4.57 Å². The molecule has 0 aliphatic heterocycles. The van der Waals surface area contributed by atoms with Gasteiger partial charge in [0.2, 0.25) is 0 Å². The fraction of sp³-hybridized carbons (Fsp3) is 0.733. The molecule has 0 aromatic rings. The number of unbranched alkanes of at least 4 members (excludes halogenated alkanes) is 19. The highest BCUT2D eigenvalue weighted by molar-refractivity contribution is 7.46. The number of ether oxygens (including phenoxy) is 2. The maximum Gasteiger partial charge on any atom is 0.469 e. The average molecular weight is 779 g/mol. The van der Waals surface area contributed by atoms with E-state index in [2.05, 4.69) is 79.1 Å². The number of phosphoric ester groups is 1. The van der Waals surface area contributed by atoms with E-state index in [0.29, 0.717) is 12.8 Å². The summed E-state index contributed by atoms with van der Waals surface area (Å²) in [5.74, 6) is -0.924. The summed E-state index contributed by atoms with van der Waals surface area (Å²) in [6.45, 7) is 3.59. The van der Waals surface area contributed by atoms with Crippen LogP contribution in [-0.4, -0.2) is 41.0 Å². The number of hydrogen-bond acceptors (Lipinski definition) is 6. The van der Waals surface area contributed by atoms with Crippen LogP contribution in [0.1, 0.15) is 194 Å². The summed E-state index contributed by atoms with van der Waals surface area (Å²) in [6.07, 6.45) is 50.8. The Hall–Kier alpha value is -2.25. The number of hydrogen-bond donors (Lipinski definition) is 2. The largest absolute Gasteiger partial charge is 0.469 e. The van der Waals surface area contributed by atoms with Crippen molar-refractivity contribution in [2.75, 3.05) is 13.2 Å². The van der Waals surface area contributed by atoms with E-state index in [9.17, 15) is 14.2 Å². The van der Waals surface area contributed by atoms with Gasteiger partial charge in [0.25, 0.3) is 0 Å². The fourth-order valence-electron chi connectivity index (χ4n) is 5.77. The highest BCUT2D eigenvalue weighted by atomic mass is 31.2. The van der Waals surface area contributed by atoms with Crippen LogP contribution < -0.4 is 0 Å². The minimum Gasteiger partial charge on any atom is -0.462 e. The van der Waals surface area contributed by atoms with E-state index in [4.69, 9.17) is 19.3 Å². The van der Waals surface area contributed by atoms with E-state index in [1.807, 2.05) is 0 Å². The molecule has 8 nitrogen and oxygen atoms in total. The van der Waals surface area contributed by atoms with Crippen molar-refractivity contribution >= 4 is 19.8 Å². The first-order chi connectivity index (χ1) is 26.3. The average Bonchev–Trinajstić information content (AvgIpc) is 3.14. The van der Waals surface area contributed by atoms with Gasteiger partial charge >= 0.3 is 19.8 Å². The first kappa shape index (κ1) is 51.8. The van der Waals surface area contributed by atoms with Crippen LogP contribution in [0, 0.1) is 0 Å². The lowest BCUT2D eigenvalue weighted by Crippen LogP contribution is -2.29. The molecule has 9 heteroatoms. The third kappa shape index (κ3) is 42.5. The van der Waals surface area contributed by atoms with E-state index in [1.54, 1.807) is 0 Å². The summed E-state index contributed by atoms with van der Waals surface area (Å²) in [5.41, 5.74) is 0. The Kier molecular flexibility index (Phi) is 38.7. The Bertz CT molecular complexity index is 1060. The third-order valence-corrected chi connectivity index (χ3v) is 9.48. The van der Waals surface area contributed by atoms with E-state index in [1.165, 1.54) is 89.9 Å². The summed E-state index contributed by atoms with van der Waals surface area (Å²) >= 11 is 0. The van der Waals surface area contributed by atoms with E-state index < -0.39 is 32.5 Å². The van der Waals surface area contributed by atoms with Gasteiger partial charge in [-0.15, -0.1) is 0 Å². The Morgan fingerprint density at radius 1 is 0.481 bits per heavy atom. The first-order valence-electron chi connectivity index (χ1n) is 21.6. The lowest BCUT2D eigenvalue weighted by atomic mass is 10.1. The summed E-state index contributed by atoms with van der Waals surface area (Å²) < 4.78 is 26.4. The van der Waals surface area contributed by atoms with E-state index in [0.717, 1.165) is 64.2 Å². The van der Waals surface area contributed by atoms with Crippen molar-refractivity contribution in [2.45, 2.75) is 200 Å². The lowest BCUT2D eigenvalue weighted by molar-refractivity contribution is -0.161. The second-order valence-electron chi connectivity index (χ2n) is 14.3. The SMILES string of the molecule is CCC/C=C/C/C=C/C/C=C/C/C=C/CCCCCC(=O)O[C@H](COC(=O)CCCCCCCCCCC/C=C/CCCCCCCC)COP(=O)(O)O. The topological polar surface area (TPSA) is 119 Å². The van der Waals surface area contributed by atoms with Gasteiger partial charge in [0, 0.05) is 12.8 Å². The zero-order valence-electron chi connectivity index (χ0n) is 34.4. The van der Waals surface area contributed by atoms with E-state index in [-0.39, 0.29) is 19.4 Å². The molecule has 0 unspecified atom stereocenters. The predicted octanol–water partition coefficient (Wildman–Crippen LogP) is 13.3. The molecule has 0 rings (SSSR count). The zero-order valence-corrected chi connectivity index (χ0v) is 35.2. The molecule has 0 aromatic carbocycles. The Balaban J connectivity index is 3.96. The molecule has 1 atom stereocenters. The maximum atomic E-state index is 12.4. The summed E-state index contributed by atoms with van der Waals surface area (Å²) in [7, 11) is -4.77. The summed E-state index contributed by atoms with van der Waals surface area (Å²) in [4.78, 5) is 42.9. The molecule has 0 bridgehead atoms. The van der Waals surface area contributed by atoms with Crippen molar-refractivity contribution in [3.8, 4) is 0 Å². The van der Waals surface area contributed by atoms with Gasteiger partial charge in [0.05, 0.1) is 6.61 Å². The molecule has 54 heavy (non-hydrogen) atoms. The minimum atomic E-state index is -4.77. The molecule has 0 spiro atoms. The Labute approximate surface area is 330 Å². The minimum absolute atomic E-state index is 0.172. The number of phosphoric acid groups is 1. The van der Waals surface area contributed by atoms with Crippen LogP contribution in [0.4, 0.5) is 0 Å². The van der Waals surface area contributed by atoms with Gasteiger partial charge in [0.15, 0.2) is 6.10 Å². The highest BCUT2D eigenvalue weighted by Gasteiger charge is 2.22. The lowest BCUT2D eigenvalue weighted by Gasteiger charge is -2.18. The molecule has 0 saturated heterocycles. The number of carbonyl (C=O) groups is 2. The molecule has 2 N–H and O–H groups in total. The molecule has 0 radical (unpaired) electrons. The maximum absolute atomic E-state index is 12.4. The zero-order chi connectivity index (χ0) is 39.6. The molecule has 0 fully saturated rings. The van der Waals surface area contributed by atoms with Crippen molar-refractivity contribution in [3.05, 3.63) is 60.8 Å². The third-order valence-electron chi connectivity index (χ3n) is 8.99. The molecule has 0 aromatic heterocycles. The molecular weight excluding hydrogens is 699 g/mol. The first-order valence-corrected chi connectivity index (χ1v) is 23.1. The summed E-state index contributed by atoms with van der Waals surface area (Å²) in [6, 6.07) is 0. The molecule has 0 aliphatic carbocycles. The van der Waals surface area contributed by atoms with Crippen LogP contribution in [0.2, 0.25) is 0 Å². The monoisotopic (exact) mass is 779 g/mol. The number of allylic oxidation sites excluding steroid dienone is 10. The van der Waals surface area contributed by atoms with Crippen LogP contribution in [-0.2, 0) is 28.2 Å². The van der Waals surface area contributed by atoms with Gasteiger partial charge in [-0.3, -0.25) is 14.1 Å². The summed E-state index contributed by atoms with van der Waals surface area (Å²) in [5, 5.41) is 0. The second kappa shape index (κ2) is 40.4. The fourth-order valence-corrected chi connectivity index (χ4v) is 6.13. The van der Waals surface area contributed by atoms with Crippen molar-refractivity contribution in [1.82, 2.24) is 0 Å². The van der Waals surface area contributed by atoms with Crippen LogP contribution in [0.5, 0.6) is 0 Å². The number of esters is 2. The van der Waals surface area contributed by atoms with Crippen LogP contribution >= 0.6 is 7.82 Å². The van der Waals surface area contributed by atoms with Crippen LogP contribution in [0.15, 0.2) is 60.8 Å². The molecule has 0 saturated carbocycles. The number of carbonyl (C=O) groups excluding carboxylic acids is 2. The van der Waals surface area contributed by atoms with Crippen molar-refractivity contribution in [2.24, 2.45) is 0 Å². The van der Waals surface area contributed by atoms with Crippen molar-refractivity contribution in [3.63, 3.8) is 0 Å². The van der Waals surface area contributed by atoms with Gasteiger partial charge in [-0.2, -0.15) is 0 Å². The highest BCUT2D eigenvalue weighted by Crippen LogP contribution is 2.36. The normalized spacial score (nSPS) is 13.0. The Morgan fingerprint density at radius 2 is 0.870 bits per heavy atom. The van der Waals surface area contributed by atoms with Crippen molar-refractivity contribution in [1.29, 1.82) is 0 Å². The predicted molar refractivity (Wildman–Crippen MR) is 225 cm³/mol. The molecule has 312 valence electrons. The number of rotatable bonds is 39. The van der Waals surface area contributed by atoms with Crippen LogP contribution in [0.3, 0.4) is 0 Å². The second-order valence-corrected chi connectivity index (χ2v) is 15.5. The van der Waals surface area contributed by atoms with Gasteiger partial charge in [-0.05, 0) is 77.0 Å². The van der Waals surface area contributed by atoms with Gasteiger partial charge < -0.3 is 19.3 Å². The van der Waals surface area contributed by atoms with E-state index >= 15 is 0 Å². The quantitative estimate of drug-likeness (QED) is 0.0274. The van der Waals surface area contributed by atoms with Crippen molar-refractivity contribution < 1.29 is 37.9 Å². The van der Waals surface area contributed by atoms with Gasteiger partial charge in [0.1, 0.15) is 6.61 Å². The standard InChI is InChI=1S/C45H79O8P/c1-3-5-7-9-11-13-15-17-19-21-22-24-25-27-29-31-33-35-37-39-44(46)51-41-43(42-52-54(48,49)50)53-45(47)40-38-36-34-32-30-28-26-23-20-18-16-14-12-10-8-6-4-2/h8,10,14,16-17,19-20,23,28,30,43H,3-7,9,11-13,15,18,21-22,24-27,29,31-42H2,1-2H3,(H2,48,49,50)/b10-8+,16-14+,19-17+,23-20+,30-28+/t43-/m1/s1. The molecule has 0 aliphatic rings. The van der Waals surface area contributed by atoms with Crippen LogP contribution in [0.25, 0.3) is 0 Å². The molecular formula is C45H79O8P.